The van der Waals surface area contributed by atoms with Gasteiger partial charge in [0.2, 0.25) is 10.0 Å². The number of primary sulfonamides is 1. The van der Waals surface area contributed by atoms with E-state index in [0.29, 0.717) is 10.8 Å². The number of fused-ring (bicyclic) bond motifs is 1. The molecule has 0 saturated carbocycles. The number of rotatable bonds is 3. The molecule has 3 aromatic carbocycles. The Bertz CT molecular complexity index is 1080. The van der Waals surface area contributed by atoms with Crippen LogP contribution in [0.4, 0.5) is 4.39 Å². The molecule has 7 heteroatoms. The van der Waals surface area contributed by atoms with Gasteiger partial charge in [-0.2, -0.15) is 0 Å². The predicted octanol–water partition coefficient (Wildman–Crippen LogP) is 3.51. The first-order valence-corrected chi connectivity index (χ1v) is 8.76. The molecule has 0 fully saturated rings. The van der Waals surface area contributed by atoms with Crippen molar-refractivity contribution in [3.8, 4) is 0 Å². The zero-order chi connectivity index (χ0) is 17.5. The van der Waals surface area contributed by atoms with Crippen LogP contribution in [-0.2, 0) is 10.0 Å². The fraction of sp³-hybridized carbons (Fsp3) is 0. The smallest absolute Gasteiger partial charge is 0.238 e. The molecule has 0 atom stereocenters. The number of sulfonamides is 1. The third-order valence-electron chi connectivity index (χ3n) is 3.61. The number of carbonyl (C=O) groups excluding carboxylic acids is 1. The Morgan fingerprint density at radius 1 is 1.04 bits per heavy atom. The molecule has 0 heterocycles. The second-order valence-corrected chi connectivity index (χ2v) is 7.13. The number of benzene rings is 3. The molecule has 122 valence electrons. The second kappa shape index (κ2) is 5.98. The zero-order valence-electron chi connectivity index (χ0n) is 12.2. The maximum Gasteiger partial charge on any atom is 0.238 e. The van der Waals surface area contributed by atoms with Crippen LogP contribution < -0.4 is 5.14 Å². The maximum atomic E-state index is 13.9. The average Bonchev–Trinajstić information content (AvgIpc) is 2.53. The largest absolute Gasteiger partial charge is 0.288 e. The highest BCUT2D eigenvalue weighted by molar-refractivity contribution is 7.89. The third kappa shape index (κ3) is 2.91. The van der Waals surface area contributed by atoms with E-state index in [0.717, 1.165) is 0 Å². The molecule has 0 aromatic heterocycles. The number of carbonyl (C=O) groups is 1. The predicted molar refractivity (Wildman–Crippen MR) is 90.2 cm³/mol. The summed E-state index contributed by atoms with van der Waals surface area (Å²) < 4.78 is 36.8. The van der Waals surface area contributed by atoms with Crippen LogP contribution in [0, 0.1) is 5.82 Å². The summed E-state index contributed by atoms with van der Waals surface area (Å²) in [7, 11) is -3.87. The first-order valence-electron chi connectivity index (χ1n) is 6.83. The number of ketones is 1. The van der Waals surface area contributed by atoms with Crippen LogP contribution in [0.5, 0.6) is 0 Å². The van der Waals surface area contributed by atoms with Crippen molar-refractivity contribution in [1.82, 2.24) is 0 Å². The highest BCUT2D eigenvalue weighted by Crippen LogP contribution is 2.30. The molecule has 24 heavy (non-hydrogen) atoms. The lowest BCUT2D eigenvalue weighted by Crippen LogP contribution is -2.12. The first-order chi connectivity index (χ1) is 11.3. The summed E-state index contributed by atoms with van der Waals surface area (Å²) in [4.78, 5) is 12.6. The molecule has 0 amide bonds. The normalized spacial score (nSPS) is 11.6. The van der Waals surface area contributed by atoms with E-state index in [4.69, 9.17) is 16.7 Å². The fourth-order valence-corrected chi connectivity index (χ4v) is 3.27. The highest BCUT2D eigenvalue weighted by Gasteiger charge is 2.20. The minimum atomic E-state index is -3.87. The Morgan fingerprint density at radius 2 is 1.75 bits per heavy atom. The number of halogens is 2. The van der Waals surface area contributed by atoms with Crippen LogP contribution in [0.1, 0.15) is 15.9 Å². The lowest BCUT2D eigenvalue weighted by atomic mass is 9.97. The fourth-order valence-electron chi connectivity index (χ4n) is 2.47. The van der Waals surface area contributed by atoms with Gasteiger partial charge in [0, 0.05) is 5.56 Å². The molecule has 0 aliphatic heterocycles. The van der Waals surface area contributed by atoms with E-state index in [-0.39, 0.29) is 21.0 Å². The van der Waals surface area contributed by atoms with Gasteiger partial charge >= 0.3 is 0 Å². The molecule has 2 N–H and O–H groups in total. The van der Waals surface area contributed by atoms with E-state index in [1.807, 2.05) is 0 Å². The van der Waals surface area contributed by atoms with Gasteiger partial charge in [-0.25, -0.2) is 17.9 Å². The van der Waals surface area contributed by atoms with Gasteiger partial charge in [0.15, 0.2) is 5.78 Å². The molecule has 0 aliphatic carbocycles. The van der Waals surface area contributed by atoms with E-state index in [9.17, 15) is 17.6 Å². The molecule has 3 rings (SSSR count). The van der Waals surface area contributed by atoms with Gasteiger partial charge in [0.05, 0.1) is 15.5 Å². The Kier molecular flexibility index (Phi) is 4.13. The molecular formula is C17H11ClFNO3S. The SMILES string of the molecule is NS(=O)(=O)c1ccc2c(C(=O)c3ccccc3F)c(Cl)ccc2c1. The summed E-state index contributed by atoms with van der Waals surface area (Å²) in [5.74, 6) is -1.23. The zero-order valence-corrected chi connectivity index (χ0v) is 13.7. The summed E-state index contributed by atoms with van der Waals surface area (Å²) in [6.45, 7) is 0. The number of hydrogen-bond acceptors (Lipinski definition) is 3. The third-order valence-corrected chi connectivity index (χ3v) is 4.84. The first kappa shape index (κ1) is 16.6. The van der Waals surface area contributed by atoms with Crippen LogP contribution in [0.2, 0.25) is 5.02 Å². The molecule has 4 nitrogen and oxygen atoms in total. The Balaban J connectivity index is 2.26. The number of hydrogen-bond donors (Lipinski definition) is 1. The van der Waals surface area contributed by atoms with Crippen molar-refractivity contribution in [2.24, 2.45) is 5.14 Å². The summed E-state index contributed by atoms with van der Waals surface area (Å²) in [6, 6.07) is 12.7. The van der Waals surface area contributed by atoms with Gasteiger partial charge in [0.25, 0.3) is 0 Å². The second-order valence-electron chi connectivity index (χ2n) is 5.16. The maximum absolute atomic E-state index is 13.9. The molecule has 0 spiro atoms. The monoisotopic (exact) mass is 363 g/mol. The van der Waals surface area contributed by atoms with Crippen LogP contribution in [0.15, 0.2) is 59.5 Å². The summed E-state index contributed by atoms with van der Waals surface area (Å²) >= 11 is 6.14. The van der Waals surface area contributed by atoms with Gasteiger partial charge in [0.1, 0.15) is 5.82 Å². The molecule has 0 bridgehead atoms. The van der Waals surface area contributed by atoms with Crippen molar-refractivity contribution >= 4 is 38.2 Å². The van der Waals surface area contributed by atoms with E-state index < -0.39 is 21.6 Å². The molecule has 0 saturated heterocycles. The van der Waals surface area contributed by atoms with Crippen molar-refractivity contribution in [2.75, 3.05) is 0 Å². The Labute approximate surface area is 142 Å². The molecular weight excluding hydrogens is 353 g/mol. The molecule has 3 aromatic rings. The van der Waals surface area contributed by atoms with Gasteiger partial charge in [-0.15, -0.1) is 0 Å². The molecule has 0 unspecified atom stereocenters. The van der Waals surface area contributed by atoms with Crippen molar-refractivity contribution in [2.45, 2.75) is 4.90 Å². The van der Waals surface area contributed by atoms with Crippen LogP contribution in [0.25, 0.3) is 10.8 Å². The van der Waals surface area contributed by atoms with Crippen molar-refractivity contribution < 1.29 is 17.6 Å². The Morgan fingerprint density at radius 3 is 2.42 bits per heavy atom. The summed E-state index contributed by atoms with van der Waals surface area (Å²) in [6.07, 6.45) is 0. The standard InChI is InChI=1S/C17H11ClFNO3S/c18-14-8-5-10-9-11(24(20,22)23)6-7-12(10)16(14)17(21)13-3-1-2-4-15(13)19/h1-9H,(H2,20,22,23). The van der Waals surface area contributed by atoms with Crippen LogP contribution >= 0.6 is 11.6 Å². The minimum absolute atomic E-state index is 0.0818. The molecule has 0 aliphatic rings. The van der Waals surface area contributed by atoms with E-state index >= 15 is 0 Å². The number of nitrogens with two attached hydrogens (primary N) is 1. The Hall–Kier alpha value is -2.28. The van der Waals surface area contributed by atoms with E-state index in [1.54, 1.807) is 12.1 Å². The van der Waals surface area contributed by atoms with Gasteiger partial charge in [-0.05, 0) is 41.1 Å². The van der Waals surface area contributed by atoms with Gasteiger partial charge in [-0.3, -0.25) is 4.79 Å². The summed E-state index contributed by atoms with van der Waals surface area (Å²) in [5.41, 5.74) is 0.00246. The van der Waals surface area contributed by atoms with E-state index in [1.165, 1.54) is 42.5 Å². The average molecular weight is 364 g/mol. The van der Waals surface area contributed by atoms with E-state index in [2.05, 4.69) is 0 Å². The lowest BCUT2D eigenvalue weighted by molar-refractivity contribution is 0.103. The van der Waals surface area contributed by atoms with Crippen LogP contribution in [0.3, 0.4) is 0 Å². The van der Waals surface area contributed by atoms with Gasteiger partial charge < -0.3 is 0 Å². The molecule has 0 radical (unpaired) electrons. The van der Waals surface area contributed by atoms with Crippen molar-refractivity contribution in [1.29, 1.82) is 0 Å². The van der Waals surface area contributed by atoms with Crippen LogP contribution in [-0.4, -0.2) is 14.2 Å². The van der Waals surface area contributed by atoms with Crippen molar-refractivity contribution in [3.05, 3.63) is 76.6 Å². The quantitative estimate of drug-likeness (QED) is 0.723. The highest BCUT2D eigenvalue weighted by atomic mass is 35.5. The topological polar surface area (TPSA) is 77.2 Å². The summed E-state index contributed by atoms with van der Waals surface area (Å²) in [5, 5.41) is 6.15. The van der Waals surface area contributed by atoms with Gasteiger partial charge in [-0.1, -0.05) is 35.9 Å². The lowest BCUT2D eigenvalue weighted by Gasteiger charge is -2.10. The minimum Gasteiger partial charge on any atom is -0.288 e. The van der Waals surface area contributed by atoms with Crippen molar-refractivity contribution in [3.63, 3.8) is 0 Å².